The number of carbonyl (C=O) groups is 1. The van der Waals surface area contributed by atoms with Gasteiger partial charge in [-0.2, -0.15) is 5.10 Å². The normalized spacial score (nSPS) is 17.7. The summed E-state index contributed by atoms with van der Waals surface area (Å²) in [5, 5.41) is 11.2. The van der Waals surface area contributed by atoms with Crippen molar-refractivity contribution < 1.29 is 9.53 Å². The van der Waals surface area contributed by atoms with E-state index in [-0.39, 0.29) is 11.9 Å². The van der Waals surface area contributed by atoms with Crippen LogP contribution in [0.1, 0.15) is 31.4 Å². The van der Waals surface area contributed by atoms with Gasteiger partial charge in [0.25, 0.3) is 5.91 Å². The fraction of sp³-hybridized carbons (Fsp3) is 0.444. The summed E-state index contributed by atoms with van der Waals surface area (Å²) in [6.45, 7) is 3.43. The van der Waals surface area contributed by atoms with Crippen molar-refractivity contribution in [3.8, 4) is 5.75 Å². The molecular weight excluding hydrogens is 340 g/mol. The van der Waals surface area contributed by atoms with Crippen molar-refractivity contribution in [2.24, 2.45) is 7.05 Å². The Hall–Kier alpha value is -2.05. The Morgan fingerprint density at radius 1 is 1.36 bits per heavy atom. The van der Waals surface area contributed by atoms with Gasteiger partial charge in [0.2, 0.25) is 0 Å². The zero-order chi connectivity index (χ0) is 17.9. The molecule has 0 aliphatic carbocycles. The van der Waals surface area contributed by atoms with Gasteiger partial charge in [-0.1, -0.05) is 11.6 Å². The van der Waals surface area contributed by atoms with Crippen molar-refractivity contribution in [3.05, 3.63) is 47.2 Å². The van der Waals surface area contributed by atoms with Crippen molar-refractivity contribution in [3.63, 3.8) is 0 Å². The number of piperidine rings is 1. The van der Waals surface area contributed by atoms with Gasteiger partial charge < -0.3 is 15.4 Å². The molecule has 2 aromatic rings. The molecule has 1 fully saturated rings. The van der Waals surface area contributed by atoms with Gasteiger partial charge in [-0.25, -0.2) is 0 Å². The third-order valence-electron chi connectivity index (χ3n) is 4.52. The summed E-state index contributed by atoms with van der Waals surface area (Å²) >= 11 is 5.94. The Bertz CT molecular complexity index is 723. The lowest BCUT2D eigenvalue weighted by Gasteiger charge is -2.37. The molecule has 1 saturated heterocycles. The summed E-state index contributed by atoms with van der Waals surface area (Å²) in [6.07, 6.45) is 4.89. The highest BCUT2D eigenvalue weighted by Crippen LogP contribution is 2.28. The zero-order valence-corrected chi connectivity index (χ0v) is 15.2. The SMILES string of the molecule is CC(NC(=O)C1(Oc2ccc(Cl)cc2)CCNCC1)c1cnn(C)c1. The van der Waals surface area contributed by atoms with Crippen LogP contribution in [0.25, 0.3) is 0 Å². The molecule has 7 heteroatoms. The topological polar surface area (TPSA) is 68.2 Å². The molecule has 1 amide bonds. The molecule has 0 radical (unpaired) electrons. The number of aryl methyl sites for hydroxylation is 1. The Balaban J connectivity index is 1.76. The first-order chi connectivity index (χ1) is 12.0. The van der Waals surface area contributed by atoms with E-state index < -0.39 is 5.60 Å². The number of carbonyl (C=O) groups excluding carboxylic acids is 1. The highest BCUT2D eigenvalue weighted by Gasteiger charge is 2.42. The number of ether oxygens (including phenoxy) is 1. The fourth-order valence-corrected chi connectivity index (χ4v) is 3.14. The first-order valence-corrected chi connectivity index (χ1v) is 8.81. The number of amides is 1. The lowest BCUT2D eigenvalue weighted by Crippen LogP contribution is -2.56. The number of nitrogens with one attached hydrogen (secondary N) is 2. The Labute approximate surface area is 152 Å². The van der Waals surface area contributed by atoms with Crippen molar-refractivity contribution >= 4 is 17.5 Å². The maximum Gasteiger partial charge on any atom is 0.264 e. The van der Waals surface area contributed by atoms with E-state index >= 15 is 0 Å². The Kier molecular flexibility index (Phi) is 5.30. The second kappa shape index (κ2) is 7.45. The van der Waals surface area contributed by atoms with Gasteiger partial charge in [0, 0.05) is 36.7 Å². The van der Waals surface area contributed by atoms with Gasteiger partial charge in [-0.15, -0.1) is 0 Å². The lowest BCUT2D eigenvalue weighted by atomic mass is 9.90. The van der Waals surface area contributed by atoms with E-state index in [9.17, 15) is 4.79 Å². The number of nitrogens with zero attached hydrogens (tertiary/aromatic N) is 2. The summed E-state index contributed by atoms with van der Waals surface area (Å²) in [5.41, 5.74) is 0.0849. The fourth-order valence-electron chi connectivity index (χ4n) is 3.01. The van der Waals surface area contributed by atoms with E-state index in [0.29, 0.717) is 23.6 Å². The minimum absolute atomic E-state index is 0.0969. The standard InChI is InChI=1S/C18H23ClN4O2/c1-13(14-11-21-23(2)12-14)22-17(24)18(7-9-20-10-8-18)25-16-5-3-15(19)4-6-16/h3-6,11-13,20H,7-10H2,1-2H3,(H,22,24). The van der Waals surface area contributed by atoms with Crippen LogP contribution < -0.4 is 15.4 Å². The number of halogens is 1. The molecule has 1 aromatic carbocycles. The molecule has 25 heavy (non-hydrogen) atoms. The number of benzene rings is 1. The molecule has 1 aromatic heterocycles. The first kappa shape index (κ1) is 17.8. The Morgan fingerprint density at radius 2 is 2.04 bits per heavy atom. The molecule has 134 valence electrons. The number of hydrogen-bond acceptors (Lipinski definition) is 4. The van der Waals surface area contributed by atoms with Gasteiger partial charge in [0.15, 0.2) is 5.60 Å². The van der Waals surface area contributed by atoms with Crippen molar-refractivity contribution in [2.75, 3.05) is 13.1 Å². The van der Waals surface area contributed by atoms with Crippen molar-refractivity contribution in [1.29, 1.82) is 0 Å². The molecule has 2 heterocycles. The molecule has 1 atom stereocenters. The molecule has 2 N–H and O–H groups in total. The highest BCUT2D eigenvalue weighted by molar-refractivity contribution is 6.30. The minimum Gasteiger partial charge on any atom is -0.477 e. The molecule has 3 rings (SSSR count). The second-order valence-corrected chi connectivity index (χ2v) is 6.88. The number of hydrogen-bond donors (Lipinski definition) is 2. The monoisotopic (exact) mass is 362 g/mol. The van der Waals surface area contributed by atoms with Crippen LogP contribution in [0.15, 0.2) is 36.7 Å². The number of aromatic nitrogens is 2. The summed E-state index contributed by atoms with van der Waals surface area (Å²) < 4.78 is 7.89. The minimum atomic E-state index is -0.879. The average Bonchev–Trinajstić information content (AvgIpc) is 3.04. The summed E-state index contributed by atoms with van der Waals surface area (Å²) in [7, 11) is 1.86. The summed E-state index contributed by atoms with van der Waals surface area (Å²) in [4.78, 5) is 13.1. The van der Waals surface area contributed by atoms with Gasteiger partial charge in [0.1, 0.15) is 5.75 Å². The molecule has 6 nitrogen and oxygen atoms in total. The third kappa shape index (κ3) is 4.14. The molecule has 1 aliphatic heterocycles. The van der Waals surface area contributed by atoms with Gasteiger partial charge in [-0.05, 0) is 44.3 Å². The van der Waals surface area contributed by atoms with E-state index in [2.05, 4.69) is 15.7 Å². The van der Waals surface area contributed by atoms with Crippen molar-refractivity contribution in [1.82, 2.24) is 20.4 Å². The quantitative estimate of drug-likeness (QED) is 0.857. The molecule has 0 bridgehead atoms. The predicted octanol–water partition coefficient (Wildman–Crippen LogP) is 2.45. The Morgan fingerprint density at radius 3 is 2.64 bits per heavy atom. The molecular formula is C18H23ClN4O2. The van der Waals surface area contributed by atoms with Crippen molar-refractivity contribution in [2.45, 2.75) is 31.4 Å². The van der Waals surface area contributed by atoms with E-state index in [1.807, 2.05) is 20.2 Å². The highest BCUT2D eigenvalue weighted by atomic mass is 35.5. The third-order valence-corrected chi connectivity index (χ3v) is 4.78. The van der Waals surface area contributed by atoms with Crippen LogP contribution in [0, 0.1) is 0 Å². The second-order valence-electron chi connectivity index (χ2n) is 6.44. The van der Waals surface area contributed by atoms with E-state index in [1.54, 1.807) is 35.1 Å². The molecule has 0 saturated carbocycles. The van der Waals surface area contributed by atoms with Crippen LogP contribution in [-0.4, -0.2) is 34.4 Å². The van der Waals surface area contributed by atoms with Crippen LogP contribution in [0.2, 0.25) is 5.02 Å². The van der Waals surface area contributed by atoms with Gasteiger partial charge in [-0.3, -0.25) is 9.48 Å². The predicted molar refractivity (Wildman–Crippen MR) is 96.7 cm³/mol. The van der Waals surface area contributed by atoms with E-state index in [1.165, 1.54) is 0 Å². The number of rotatable bonds is 5. The summed E-state index contributed by atoms with van der Waals surface area (Å²) in [6, 6.07) is 6.99. The first-order valence-electron chi connectivity index (χ1n) is 8.43. The van der Waals surface area contributed by atoms with Crippen LogP contribution in [0.5, 0.6) is 5.75 Å². The molecule has 0 spiro atoms. The maximum atomic E-state index is 13.1. The largest absolute Gasteiger partial charge is 0.477 e. The van der Waals surface area contributed by atoms with E-state index in [4.69, 9.17) is 16.3 Å². The summed E-state index contributed by atoms with van der Waals surface area (Å²) in [5.74, 6) is 0.552. The van der Waals surface area contributed by atoms with Crippen LogP contribution >= 0.6 is 11.6 Å². The van der Waals surface area contributed by atoms with Crippen LogP contribution in [0.4, 0.5) is 0 Å². The maximum absolute atomic E-state index is 13.1. The van der Waals surface area contributed by atoms with E-state index in [0.717, 1.165) is 18.7 Å². The average molecular weight is 363 g/mol. The van der Waals surface area contributed by atoms with Crippen LogP contribution in [-0.2, 0) is 11.8 Å². The smallest absolute Gasteiger partial charge is 0.264 e. The zero-order valence-electron chi connectivity index (χ0n) is 14.5. The van der Waals surface area contributed by atoms with Gasteiger partial charge >= 0.3 is 0 Å². The van der Waals surface area contributed by atoms with Crippen LogP contribution in [0.3, 0.4) is 0 Å². The van der Waals surface area contributed by atoms with Gasteiger partial charge in [0.05, 0.1) is 12.2 Å². The lowest BCUT2D eigenvalue weighted by molar-refractivity contribution is -0.140. The molecule has 1 aliphatic rings. The molecule has 1 unspecified atom stereocenters.